The lowest BCUT2D eigenvalue weighted by Gasteiger charge is -2.20. The molecular weight excluding hydrogens is 364 g/mol. The number of amides is 1. The number of methoxy groups -OCH3 is 1. The Kier molecular flexibility index (Phi) is 6.01. The van der Waals surface area contributed by atoms with Gasteiger partial charge < -0.3 is 9.64 Å². The Balaban J connectivity index is 1.81. The molecule has 0 aliphatic carbocycles. The highest BCUT2D eigenvalue weighted by Gasteiger charge is 2.20. The van der Waals surface area contributed by atoms with Gasteiger partial charge in [0, 0.05) is 24.7 Å². The van der Waals surface area contributed by atoms with Crippen molar-refractivity contribution >= 4 is 21.6 Å². The minimum Gasteiger partial charge on any atom is -0.497 e. The Hall–Kier alpha value is -2.54. The molecule has 0 radical (unpaired) electrons. The fraction of sp³-hybridized carbons (Fsp3) is 0.350. The van der Waals surface area contributed by atoms with Crippen LogP contribution in [-0.4, -0.2) is 39.4 Å². The van der Waals surface area contributed by atoms with Crippen LogP contribution < -0.4 is 9.46 Å². The molecule has 0 saturated carbocycles. The molecule has 1 fully saturated rings. The molecule has 1 saturated heterocycles. The van der Waals surface area contributed by atoms with Gasteiger partial charge in [-0.05, 0) is 43.2 Å². The zero-order valence-corrected chi connectivity index (χ0v) is 16.2. The number of carbonyl (C=O) groups is 1. The smallest absolute Gasteiger partial charge is 0.261 e. The molecule has 1 aliphatic rings. The van der Waals surface area contributed by atoms with Gasteiger partial charge in [0.05, 0.1) is 17.7 Å². The zero-order chi connectivity index (χ0) is 19.3. The maximum atomic E-state index is 12.8. The van der Waals surface area contributed by atoms with Crippen molar-refractivity contribution in [2.45, 2.75) is 30.6 Å². The molecule has 27 heavy (non-hydrogen) atoms. The molecule has 144 valence electrons. The van der Waals surface area contributed by atoms with Crippen LogP contribution in [0.5, 0.6) is 5.75 Å². The second-order valence-corrected chi connectivity index (χ2v) is 8.25. The predicted octanol–water partition coefficient (Wildman–Crippen LogP) is 3.51. The van der Waals surface area contributed by atoms with Gasteiger partial charge in [0.15, 0.2) is 0 Å². The van der Waals surface area contributed by atoms with Crippen LogP contribution in [0.2, 0.25) is 0 Å². The molecule has 3 rings (SSSR count). The monoisotopic (exact) mass is 388 g/mol. The molecule has 7 heteroatoms. The van der Waals surface area contributed by atoms with Crippen LogP contribution in [0.3, 0.4) is 0 Å². The zero-order valence-electron chi connectivity index (χ0n) is 15.3. The quantitative estimate of drug-likeness (QED) is 0.850. The molecule has 1 heterocycles. The molecule has 0 atom stereocenters. The van der Waals surface area contributed by atoms with Gasteiger partial charge in [-0.1, -0.05) is 25.0 Å². The Morgan fingerprint density at radius 2 is 1.70 bits per heavy atom. The van der Waals surface area contributed by atoms with Crippen LogP contribution in [0.15, 0.2) is 53.4 Å². The average Bonchev–Trinajstić information content (AvgIpc) is 2.97. The number of hydrogen-bond acceptors (Lipinski definition) is 4. The molecule has 1 amide bonds. The number of ether oxygens (including phenoxy) is 1. The third-order valence-corrected chi connectivity index (χ3v) is 5.99. The van der Waals surface area contributed by atoms with Crippen molar-refractivity contribution in [3.8, 4) is 5.75 Å². The summed E-state index contributed by atoms with van der Waals surface area (Å²) in [5, 5.41) is 0. The largest absolute Gasteiger partial charge is 0.497 e. The van der Waals surface area contributed by atoms with E-state index in [0.717, 1.165) is 38.8 Å². The predicted molar refractivity (Wildman–Crippen MR) is 105 cm³/mol. The van der Waals surface area contributed by atoms with E-state index >= 15 is 0 Å². The lowest BCUT2D eigenvalue weighted by atomic mass is 10.2. The van der Waals surface area contributed by atoms with E-state index in [0.29, 0.717) is 17.0 Å². The number of anilines is 1. The molecule has 0 unspecified atom stereocenters. The first kappa shape index (κ1) is 19.2. The van der Waals surface area contributed by atoms with E-state index in [-0.39, 0.29) is 10.8 Å². The van der Waals surface area contributed by atoms with Gasteiger partial charge in [0.1, 0.15) is 5.75 Å². The minimum absolute atomic E-state index is 0.0611. The molecule has 6 nitrogen and oxygen atoms in total. The fourth-order valence-corrected chi connectivity index (χ4v) is 4.25. The van der Waals surface area contributed by atoms with E-state index in [1.807, 2.05) is 4.90 Å². The maximum Gasteiger partial charge on any atom is 0.261 e. The Morgan fingerprint density at radius 1 is 1.00 bits per heavy atom. The second kappa shape index (κ2) is 8.43. The van der Waals surface area contributed by atoms with E-state index in [1.54, 1.807) is 36.4 Å². The van der Waals surface area contributed by atoms with Crippen molar-refractivity contribution < 1.29 is 17.9 Å². The van der Waals surface area contributed by atoms with E-state index < -0.39 is 10.0 Å². The van der Waals surface area contributed by atoms with E-state index in [2.05, 4.69) is 4.72 Å². The molecule has 1 N–H and O–H groups in total. The van der Waals surface area contributed by atoms with Gasteiger partial charge in [0.2, 0.25) is 0 Å². The lowest BCUT2D eigenvalue weighted by Crippen LogP contribution is -2.32. The molecule has 1 aliphatic heterocycles. The van der Waals surface area contributed by atoms with Gasteiger partial charge in [0.25, 0.3) is 15.9 Å². The number of rotatable bonds is 5. The highest BCUT2D eigenvalue weighted by molar-refractivity contribution is 7.92. The number of likely N-dealkylation sites (tertiary alicyclic amines) is 1. The molecular formula is C20H24N2O4S. The lowest BCUT2D eigenvalue weighted by molar-refractivity contribution is 0.0761. The molecule has 0 bridgehead atoms. The van der Waals surface area contributed by atoms with Gasteiger partial charge >= 0.3 is 0 Å². The number of carbonyl (C=O) groups excluding carboxylic acids is 1. The molecule has 0 aromatic heterocycles. The number of hydrogen-bond donors (Lipinski definition) is 1. The van der Waals surface area contributed by atoms with Crippen molar-refractivity contribution in [3.05, 3.63) is 54.1 Å². The summed E-state index contributed by atoms with van der Waals surface area (Å²) in [7, 11) is -2.29. The number of sulfonamides is 1. The van der Waals surface area contributed by atoms with Gasteiger partial charge in [-0.15, -0.1) is 0 Å². The Bertz CT molecular complexity index is 904. The second-order valence-electron chi connectivity index (χ2n) is 6.57. The van der Waals surface area contributed by atoms with Crippen LogP contribution >= 0.6 is 0 Å². The Morgan fingerprint density at radius 3 is 2.41 bits per heavy atom. The van der Waals surface area contributed by atoms with Gasteiger partial charge in [-0.2, -0.15) is 0 Å². The highest BCUT2D eigenvalue weighted by Crippen LogP contribution is 2.22. The maximum absolute atomic E-state index is 12.8. The van der Waals surface area contributed by atoms with E-state index in [1.165, 1.54) is 19.2 Å². The van der Waals surface area contributed by atoms with Crippen LogP contribution in [0.4, 0.5) is 5.69 Å². The third kappa shape index (κ3) is 4.80. The van der Waals surface area contributed by atoms with Crippen LogP contribution in [0.25, 0.3) is 0 Å². The summed E-state index contributed by atoms with van der Waals surface area (Å²) in [4.78, 5) is 14.6. The first-order chi connectivity index (χ1) is 13.0. The summed E-state index contributed by atoms with van der Waals surface area (Å²) in [6.07, 6.45) is 4.23. The minimum atomic E-state index is -3.81. The third-order valence-electron chi connectivity index (χ3n) is 4.61. The topological polar surface area (TPSA) is 75.7 Å². The summed E-state index contributed by atoms with van der Waals surface area (Å²) in [5.74, 6) is 0.440. The summed E-state index contributed by atoms with van der Waals surface area (Å²) < 4.78 is 33.1. The summed E-state index contributed by atoms with van der Waals surface area (Å²) >= 11 is 0. The van der Waals surface area contributed by atoms with Crippen molar-refractivity contribution in [3.63, 3.8) is 0 Å². The standard InChI is InChI=1S/C20H24N2O4S/c1-26-18-10-7-9-17(15-18)21-27(24,25)19-11-6-8-16(14-19)20(23)22-12-4-2-3-5-13-22/h6-11,14-15,21H,2-5,12-13H2,1H3. The highest BCUT2D eigenvalue weighted by atomic mass is 32.2. The molecule has 0 spiro atoms. The summed E-state index contributed by atoms with van der Waals surface area (Å²) in [6, 6.07) is 12.9. The van der Waals surface area contributed by atoms with Crippen LogP contribution in [0.1, 0.15) is 36.0 Å². The first-order valence-corrected chi connectivity index (χ1v) is 10.5. The van der Waals surface area contributed by atoms with Crippen molar-refractivity contribution in [2.75, 3.05) is 24.9 Å². The normalized spacial score (nSPS) is 15.1. The van der Waals surface area contributed by atoms with Crippen molar-refractivity contribution in [1.82, 2.24) is 4.90 Å². The summed E-state index contributed by atoms with van der Waals surface area (Å²) in [6.45, 7) is 1.44. The molecule has 2 aromatic carbocycles. The van der Waals surface area contributed by atoms with Gasteiger partial charge in [-0.25, -0.2) is 8.42 Å². The van der Waals surface area contributed by atoms with Crippen LogP contribution in [-0.2, 0) is 10.0 Å². The van der Waals surface area contributed by atoms with Gasteiger partial charge in [-0.3, -0.25) is 9.52 Å². The van der Waals surface area contributed by atoms with Crippen LogP contribution in [0, 0.1) is 0 Å². The number of nitrogens with zero attached hydrogens (tertiary/aromatic N) is 1. The number of nitrogens with one attached hydrogen (secondary N) is 1. The average molecular weight is 388 g/mol. The Labute approximate surface area is 160 Å². The summed E-state index contributed by atoms with van der Waals surface area (Å²) in [5.41, 5.74) is 0.795. The molecule has 2 aromatic rings. The van der Waals surface area contributed by atoms with E-state index in [4.69, 9.17) is 4.74 Å². The van der Waals surface area contributed by atoms with Crippen molar-refractivity contribution in [1.29, 1.82) is 0 Å². The first-order valence-electron chi connectivity index (χ1n) is 9.06. The SMILES string of the molecule is COc1cccc(NS(=O)(=O)c2cccc(C(=O)N3CCCCCC3)c2)c1. The number of benzene rings is 2. The van der Waals surface area contributed by atoms with E-state index in [9.17, 15) is 13.2 Å². The fourth-order valence-electron chi connectivity index (χ4n) is 3.15. The van der Waals surface area contributed by atoms with Crippen molar-refractivity contribution in [2.24, 2.45) is 0 Å².